The Balaban J connectivity index is 1.21. The summed E-state index contributed by atoms with van der Waals surface area (Å²) < 4.78 is 5.16. The first-order valence-electron chi connectivity index (χ1n) is 13.5. The summed E-state index contributed by atoms with van der Waals surface area (Å²) in [6.45, 7) is 2.46. The molecule has 3 aromatic carbocycles. The van der Waals surface area contributed by atoms with Crippen LogP contribution in [0.5, 0.6) is 5.75 Å². The summed E-state index contributed by atoms with van der Waals surface area (Å²) in [5, 5.41) is 6.19. The van der Waals surface area contributed by atoms with Crippen molar-refractivity contribution >= 4 is 51.9 Å². The number of methoxy groups -OCH3 is 1. The molecule has 2 heterocycles. The number of rotatable bonds is 10. The van der Waals surface area contributed by atoms with Gasteiger partial charge in [-0.1, -0.05) is 55.1 Å². The van der Waals surface area contributed by atoms with Crippen LogP contribution in [0.25, 0.3) is 0 Å². The second kappa shape index (κ2) is 12.8. The molecule has 10 heteroatoms. The summed E-state index contributed by atoms with van der Waals surface area (Å²) in [6.07, 6.45) is 1.34. The van der Waals surface area contributed by atoms with Crippen LogP contribution in [-0.4, -0.2) is 52.5 Å². The van der Waals surface area contributed by atoms with Crippen LogP contribution in [0, 0.1) is 0 Å². The number of hydrogen-bond donors (Lipinski definition) is 2. The highest BCUT2D eigenvalue weighted by molar-refractivity contribution is 8.14. The van der Waals surface area contributed by atoms with Gasteiger partial charge in [-0.15, -0.1) is 0 Å². The summed E-state index contributed by atoms with van der Waals surface area (Å²) in [5.74, 6) is 0.718. The second-order valence-corrected chi connectivity index (χ2v) is 10.5. The van der Waals surface area contributed by atoms with E-state index in [1.165, 1.54) is 22.2 Å². The van der Waals surface area contributed by atoms with Gasteiger partial charge in [-0.2, -0.15) is 0 Å². The maximum atomic E-state index is 13.5. The number of carbonyl (C=O) groups excluding carboxylic acids is 3. The number of thioether (sulfide) groups is 1. The number of nitrogens with zero attached hydrogens (tertiary/aromatic N) is 3. The fraction of sp³-hybridized carbons (Fsp3) is 0.258. The van der Waals surface area contributed by atoms with Crippen molar-refractivity contribution in [3.05, 3.63) is 89.5 Å². The molecule has 210 valence electrons. The molecule has 3 amide bonds. The molecular weight excluding hydrogens is 538 g/mol. The van der Waals surface area contributed by atoms with Crippen LogP contribution in [-0.2, 0) is 27.3 Å². The van der Waals surface area contributed by atoms with E-state index in [2.05, 4.69) is 22.5 Å². The van der Waals surface area contributed by atoms with Gasteiger partial charge in [0.15, 0.2) is 5.17 Å². The Morgan fingerprint density at radius 2 is 1.71 bits per heavy atom. The summed E-state index contributed by atoms with van der Waals surface area (Å²) >= 11 is 1.18. The zero-order valence-electron chi connectivity index (χ0n) is 22.9. The van der Waals surface area contributed by atoms with Crippen LogP contribution in [0.2, 0.25) is 0 Å². The Bertz CT molecular complexity index is 1500. The Morgan fingerprint density at radius 3 is 2.44 bits per heavy atom. The number of benzene rings is 3. The van der Waals surface area contributed by atoms with Crippen molar-refractivity contribution in [2.24, 2.45) is 9.98 Å². The molecule has 0 unspecified atom stereocenters. The maximum absolute atomic E-state index is 13.5. The van der Waals surface area contributed by atoms with Gasteiger partial charge in [0.2, 0.25) is 11.8 Å². The number of amidine groups is 2. The fourth-order valence-corrected chi connectivity index (χ4v) is 5.34. The number of carbonyl (C=O) groups is 3. The molecule has 0 aromatic heterocycles. The first-order valence-corrected chi connectivity index (χ1v) is 14.4. The highest BCUT2D eigenvalue weighted by atomic mass is 32.2. The van der Waals surface area contributed by atoms with Gasteiger partial charge in [0.25, 0.3) is 5.91 Å². The van der Waals surface area contributed by atoms with Crippen LogP contribution in [0.4, 0.5) is 11.4 Å². The lowest BCUT2D eigenvalue weighted by Gasteiger charge is -2.25. The van der Waals surface area contributed by atoms with Gasteiger partial charge in [-0.05, 0) is 60.4 Å². The topological polar surface area (TPSA) is 112 Å². The lowest BCUT2D eigenvalue weighted by molar-refractivity contribution is -0.125. The van der Waals surface area contributed by atoms with Crippen molar-refractivity contribution in [1.82, 2.24) is 10.2 Å². The molecule has 9 nitrogen and oxygen atoms in total. The molecule has 2 aliphatic heterocycles. The summed E-state index contributed by atoms with van der Waals surface area (Å²) in [5.41, 5.74) is 4.29. The Hall–Kier alpha value is -4.44. The molecule has 0 saturated heterocycles. The highest BCUT2D eigenvalue weighted by Gasteiger charge is 2.41. The van der Waals surface area contributed by atoms with Crippen molar-refractivity contribution in [1.29, 1.82) is 0 Å². The van der Waals surface area contributed by atoms with Gasteiger partial charge in [-0.25, -0.2) is 9.89 Å². The smallest absolute Gasteiger partial charge is 0.259 e. The summed E-state index contributed by atoms with van der Waals surface area (Å²) in [7, 11) is 1.60. The van der Waals surface area contributed by atoms with E-state index in [4.69, 9.17) is 9.73 Å². The maximum Gasteiger partial charge on any atom is 0.259 e. The van der Waals surface area contributed by atoms with Crippen molar-refractivity contribution < 1.29 is 19.1 Å². The van der Waals surface area contributed by atoms with Crippen LogP contribution < -0.4 is 15.4 Å². The average molecular weight is 570 g/mol. The van der Waals surface area contributed by atoms with E-state index >= 15 is 0 Å². The number of para-hydroxylation sites is 1. The molecule has 3 aromatic rings. The largest absolute Gasteiger partial charge is 0.497 e. The summed E-state index contributed by atoms with van der Waals surface area (Å²) in [6, 6.07) is 21.9. The molecule has 1 atom stereocenters. The summed E-state index contributed by atoms with van der Waals surface area (Å²) in [4.78, 5) is 49.6. The van der Waals surface area contributed by atoms with E-state index in [0.717, 1.165) is 23.3 Å². The van der Waals surface area contributed by atoms with E-state index in [1.807, 2.05) is 72.8 Å². The number of anilines is 1. The molecule has 5 rings (SSSR count). The Kier molecular flexibility index (Phi) is 8.79. The van der Waals surface area contributed by atoms with Crippen molar-refractivity contribution in [3.63, 3.8) is 0 Å². The van der Waals surface area contributed by atoms with Crippen molar-refractivity contribution in [2.75, 3.05) is 18.2 Å². The normalized spacial score (nSPS) is 15.4. The van der Waals surface area contributed by atoms with Crippen LogP contribution in [0.3, 0.4) is 0 Å². The first kappa shape index (κ1) is 28.1. The quantitative estimate of drug-likeness (QED) is 0.368. The Morgan fingerprint density at radius 1 is 0.976 bits per heavy atom. The number of amides is 3. The SMILES string of the molecule is CCc1ccc(NC(=O)CSC2=Nc3ccccc3C3=N[C@@H](CCC(=O)NCc4ccc(OC)cc4)C(=O)N23)cc1. The van der Waals surface area contributed by atoms with E-state index in [1.54, 1.807) is 7.11 Å². The number of hydrogen-bond acceptors (Lipinski definition) is 7. The lowest BCUT2D eigenvalue weighted by Crippen LogP contribution is -2.41. The molecule has 0 bridgehead atoms. The number of nitrogens with one attached hydrogen (secondary N) is 2. The third-order valence-corrected chi connectivity index (χ3v) is 7.76. The predicted octanol–water partition coefficient (Wildman–Crippen LogP) is 4.68. The van der Waals surface area contributed by atoms with Gasteiger partial charge < -0.3 is 15.4 Å². The average Bonchev–Trinajstić information content (AvgIpc) is 3.34. The highest BCUT2D eigenvalue weighted by Crippen LogP contribution is 2.34. The number of fused-ring (bicyclic) bond motifs is 3. The van der Waals surface area contributed by atoms with Crippen LogP contribution >= 0.6 is 11.8 Å². The zero-order chi connectivity index (χ0) is 28.8. The zero-order valence-corrected chi connectivity index (χ0v) is 23.7. The van der Waals surface area contributed by atoms with Crippen LogP contribution in [0.1, 0.15) is 36.5 Å². The van der Waals surface area contributed by atoms with E-state index in [0.29, 0.717) is 28.9 Å². The van der Waals surface area contributed by atoms with Crippen molar-refractivity contribution in [2.45, 2.75) is 38.8 Å². The van der Waals surface area contributed by atoms with Gasteiger partial charge >= 0.3 is 0 Å². The molecular formula is C31H31N5O4S. The van der Waals surface area contributed by atoms with Gasteiger partial charge in [-0.3, -0.25) is 19.4 Å². The van der Waals surface area contributed by atoms with Crippen LogP contribution in [0.15, 0.2) is 82.8 Å². The Labute approximate surface area is 243 Å². The first-order chi connectivity index (χ1) is 19.9. The molecule has 41 heavy (non-hydrogen) atoms. The van der Waals surface area contributed by atoms with E-state index < -0.39 is 6.04 Å². The van der Waals surface area contributed by atoms with E-state index in [9.17, 15) is 14.4 Å². The minimum absolute atomic E-state index is 0.0754. The fourth-order valence-electron chi connectivity index (χ4n) is 4.54. The molecule has 0 saturated carbocycles. The predicted molar refractivity (Wildman–Crippen MR) is 162 cm³/mol. The third kappa shape index (κ3) is 6.66. The lowest BCUT2D eigenvalue weighted by atomic mass is 10.1. The molecule has 0 fully saturated rings. The monoisotopic (exact) mass is 569 g/mol. The molecule has 0 radical (unpaired) electrons. The molecule has 0 spiro atoms. The number of aliphatic imine (C=N–C) groups is 2. The van der Waals surface area contributed by atoms with Crippen molar-refractivity contribution in [3.8, 4) is 5.75 Å². The minimum Gasteiger partial charge on any atom is -0.497 e. The van der Waals surface area contributed by atoms with Gasteiger partial charge in [0.1, 0.15) is 17.6 Å². The van der Waals surface area contributed by atoms with Gasteiger partial charge in [0.05, 0.1) is 18.6 Å². The van der Waals surface area contributed by atoms with E-state index in [-0.39, 0.29) is 36.3 Å². The molecule has 0 aliphatic carbocycles. The minimum atomic E-state index is -0.709. The van der Waals surface area contributed by atoms with Gasteiger partial charge in [0, 0.05) is 24.2 Å². The second-order valence-electron chi connectivity index (χ2n) is 9.60. The molecule has 2 aliphatic rings. The molecule has 2 N–H and O–H groups in total. The third-order valence-electron chi connectivity index (χ3n) is 6.82. The number of aryl methyl sites for hydroxylation is 1. The standard InChI is InChI=1S/C31H31N5O4S/c1-3-20-8-12-22(13-9-20)33-28(38)19-41-31-35-25-7-5-4-6-24(25)29-34-26(30(39)36(29)31)16-17-27(37)32-18-21-10-14-23(40-2)15-11-21/h4-15,26H,3,16-19H2,1-2H3,(H,32,37)(H,33,38)/t26-/m0/s1. The number of ether oxygens (including phenoxy) is 1.